The number of aromatic hydroxyl groups is 1. The third-order valence-electron chi connectivity index (χ3n) is 2.35. The van der Waals surface area contributed by atoms with E-state index in [-0.39, 0.29) is 16.5 Å². The molecular weight excluding hydrogens is 286 g/mol. The van der Waals surface area contributed by atoms with Crippen molar-refractivity contribution in [3.8, 4) is 23.3 Å². The Balaban J connectivity index is 2.21. The summed E-state index contributed by atoms with van der Waals surface area (Å²) < 4.78 is 28.4. The zero-order valence-electron chi connectivity index (χ0n) is 10.1. The van der Waals surface area contributed by atoms with Gasteiger partial charge in [0.05, 0.1) is 5.02 Å². The molecule has 0 aliphatic heterocycles. The highest BCUT2D eigenvalue weighted by Crippen LogP contribution is 2.26. The van der Waals surface area contributed by atoms with Crippen LogP contribution in [-0.4, -0.2) is 11.7 Å². The molecule has 2 aromatic carbocycles. The summed E-state index contributed by atoms with van der Waals surface area (Å²) >= 11 is 5.81. The first-order chi connectivity index (χ1) is 9.54. The molecule has 0 fully saturated rings. The summed E-state index contributed by atoms with van der Waals surface area (Å²) in [5.74, 6) is 5.68. The maximum Gasteiger partial charge on any atom is 0.387 e. The van der Waals surface area contributed by atoms with Crippen molar-refractivity contribution in [2.24, 2.45) is 0 Å². The van der Waals surface area contributed by atoms with E-state index >= 15 is 0 Å². The molecule has 20 heavy (non-hydrogen) atoms. The van der Waals surface area contributed by atoms with Gasteiger partial charge in [-0.05, 0) is 36.4 Å². The van der Waals surface area contributed by atoms with E-state index in [1.165, 1.54) is 24.3 Å². The molecular formula is C15H9ClF2O2. The molecule has 0 bridgehead atoms. The molecule has 0 spiro atoms. The summed E-state index contributed by atoms with van der Waals surface area (Å²) in [6.45, 7) is -2.92. The molecule has 2 aromatic rings. The maximum absolute atomic E-state index is 12.1. The summed E-state index contributed by atoms with van der Waals surface area (Å²) in [6.07, 6.45) is 0. The Labute approximate surface area is 119 Å². The Hall–Kier alpha value is -2.25. The van der Waals surface area contributed by atoms with Gasteiger partial charge in [-0.15, -0.1) is 0 Å². The maximum atomic E-state index is 12.1. The monoisotopic (exact) mass is 294 g/mol. The van der Waals surface area contributed by atoms with Gasteiger partial charge in [-0.1, -0.05) is 29.5 Å². The lowest BCUT2D eigenvalue weighted by atomic mass is 10.1. The lowest BCUT2D eigenvalue weighted by Crippen LogP contribution is -2.02. The number of rotatable bonds is 2. The first-order valence-corrected chi connectivity index (χ1v) is 5.98. The summed E-state index contributed by atoms with van der Waals surface area (Å²) in [5, 5.41) is 9.36. The van der Waals surface area contributed by atoms with Gasteiger partial charge in [0.15, 0.2) is 0 Å². The van der Waals surface area contributed by atoms with E-state index in [4.69, 9.17) is 11.6 Å². The number of hydrogen-bond acceptors (Lipinski definition) is 2. The van der Waals surface area contributed by atoms with Crippen LogP contribution >= 0.6 is 11.6 Å². The molecule has 0 saturated heterocycles. The van der Waals surface area contributed by atoms with Crippen LogP contribution in [-0.2, 0) is 0 Å². The minimum Gasteiger partial charge on any atom is -0.508 e. The van der Waals surface area contributed by atoms with E-state index in [0.717, 1.165) is 0 Å². The molecule has 0 amide bonds. The number of alkyl halides is 2. The van der Waals surface area contributed by atoms with Crippen LogP contribution in [0.4, 0.5) is 8.78 Å². The van der Waals surface area contributed by atoms with Crippen molar-refractivity contribution in [3.63, 3.8) is 0 Å². The number of phenolic OH excluding ortho intramolecular Hbond substituents is 1. The van der Waals surface area contributed by atoms with Gasteiger partial charge in [0.2, 0.25) is 0 Å². The summed E-state index contributed by atoms with van der Waals surface area (Å²) in [5.41, 5.74) is 1.19. The largest absolute Gasteiger partial charge is 0.508 e. The fourth-order valence-electron chi connectivity index (χ4n) is 1.50. The lowest BCUT2D eigenvalue weighted by molar-refractivity contribution is -0.0497. The Kier molecular flexibility index (Phi) is 4.44. The van der Waals surface area contributed by atoms with E-state index < -0.39 is 6.61 Å². The minimum atomic E-state index is -2.92. The predicted molar refractivity (Wildman–Crippen MR) is 72.2 cm³/mol. The van der Waals surface area contributed by atoms with Crippen molar-refractivity contribution < 1.29 is 18.6 Å². The van der Waals surface area contributed by atoms with E-state index in [1.54, 1.807) is 18.2 Å². The zero-order chi connectivity index (χ0) is 14.5. The predicted octanol–water partition coefficient (Wildman–Crippen LogP) is 4.05. The first kappa shape index (κ1) is 14.2. The summed E-state index contributed by atoms with van der Waals surface area (Å²) in [4.78, 5) is 0. The normalized spacial score (nSPS) is 10.0. The van der Waals surface area contributed by atoms with Crippen molar-refractivity contribution in [1.82, 2.24) is 0 Å². The second-order valence-electron chi connectivity index (χ2n) is 3.82. The molecule has 0 radical (unpaired) electrons. The summed E-state index contributed by atoms with van der Waals surface area (Å²) in [6, 6.07) is 10.8. The number of phenols is 1. The van der Waals surface area contributed by atoms with Gasteiger partial charge < -0.3 is 9.84 Å². The molecule has 0 atom stereocenters. The topological polar surface area (TPSA) is 29.5 Å². The van der Waals surface area contributed by atoms with Gasteiger partial charge in [0.1, 0.15) is 11.5 Å². The Morgan fingerprint density at radius 3 is 2.35 bits per heavy atom. The lowest BCUT2D eigenvalue weighted by Gasteiger charge is -2.06. The average molecular weight is 295 g/mol. The number of ether oxygens (including phenoxy) is 1. The molecule has 0 saturated carbocycles. The molecule has 1 N–H and O–H groups in total. The van der Waals surface area contributed by atoms with Crippen LogP contribution in [0.1, 0.15) is 11.1 Å². The van der Waals surface area contributed by atoms with Gasteiger partial charge in [-0.25, -0.2) is 0 Å². The molecule has 0 heterocycles. The van der Waals surface area contributed by atoms with E-state index in [2.05, 4.69) is 16.6 Å². The number of benzene rings is 2. The molecule has 2 rings (SSSR count). The molecule has 0 unspecified atom stereocenters. The van der Waals surface area contributed by atoms with Crippen LogP contribution in [0.5, 0.6) is 11.5 Å². The molecule has 0 aromatic heterocycles. The smallest absolute Gasteiger partial charge is 0.387 e. The average Bonchev–Trinajstić information content (AvgIpc) is 2.39. The highest BCUT2D eigenvalue weighted by atomic mass is 35.5. The van der Waals surface area contributed by atoms with Crippen LogP contribution in [0.15, 0.2) is 42.5 Å². The van der Waals surface area contributed by atoms with E-state index in [0.29, 0.717) is 11.1 Å². The van der Waals surface area contributed by atoms with E-state index in [1.807, 2.05) is 0 Å². The second-order valence-corrected chi connectivity index (χ2v) is 4.23. The van der Waals surface area contributed by atoms with Gasteiger partial charge in [-0.2, -0.15) is 8.78 Å². The van der Waals surface area contributed by atoms with Crippen LogP contribution in [0, 0.1) is 11.8 Å². The first-order valence-electron chi connectivity index (χ1n) is 5.60. The van der Waals surface area contributed by atoms with E-state index in [9.17, 15) is 13.9 Å². The van der Waals surface area contributed by atoms with Crippen molar-refractivity contribution in [3.05, 3.63) is 58.6 Å². The van der Waals surface area contributed by atoms with Crippen LogP contribution in [0.25, 0.3) is 0 Å². The Morgan fingerprint density at radius 2 is 1.75 bits per heavy atom. The van der Waals surface area contributed by atoms with Gasteiger partial charge in [0.25, 0.3) is 0 Å². The SMILES string of the molecule is Oc1cccc(C#Cc2ccc(OC(F)F)c(Cl)c2)c1. The molecule has 0 aliphatic rings. The van der Waals surface area contributed by atoms with Crippen LogP contribution < -0.4 is 4.74 Å². The highest BCUT2D eigenvalue weighted by molar-refractivity contribution is 6.32. The molecule has 2 nitrogen and oxygen atoms in total. The third kappa shape index (κ3) is 3.87. The Bertz CT molecular complexity index is 675. The molecule has 102 valence electrons. The van der Waals surface area contributed by atoms with Gasteiger partial charge >= 0.3 is 6.61 Å². The standard InChI is InChI=1S/C15H9ClF2O2/c16-13-9-11(6-7-14(13)20-15(17)18)5-4-10-2-1-3-12(19)8-10/h1-3,6-9,15,19H. The third-order valence-corrected chi connectivity index (χ3v) is 2.64. The fourth-order valence-corrected chi connectivity index (χ4v) is 1.72. The van der Waals surface area contributed by atoms with Gasteiger partial charge in [0, 0.05) is 11.1 Å². The number of halogens is 3. The zero-order valence-corrected chi connectivity index (χ0v) is 10.9. The second kappa shape index (κ2) is 6.27. The van der Waals surface area contributed by atoms with Crippen molar-refractivity contribution in [1.29, 1.82) is 0 Å². The van der Waals surface area contributed by atoms with Gasteiger partial charge in [-0.3, -0.25) is 0 Å². The number of hydrogen-bond donors (Lipinski definition) is 1. The Morgan fingerprint density at radius 1 is 1.05 bits per heavy atom. The highest BCUT2D eigenvalue weighted by Gasteiger charge is 2.08. The fraction of sp³-hybridized carbons (Fsp3) is 0.0667. The minimum absolute atomic E-state index is 0.0630. The van der Waals surface area contributed by atoms with Crippen LogP contribution in [0.3, 0.4) is 0 Å². The van der Waals surface area contributed by atoms with Crippen molar-refractivity contribution in [2.75, 3.05) is 0 Å². The molecule has 5 heteroatoms. The van der Waals surface area contributed by atoms with Crippen molar-refractivity contribution >= 4 is 11.6 Å². The molecule has 0 aliphatic carbocycles. The van der Waals surface area contributed by atoms with Crippen LogP contribution in [0.2, 0.25) is 5.02 Å². The summed E-state index contributed by atoms with van der Waals surface area (Å²) in [7, 11) is 0. The quantitative estimate of drug-likeness (QED) is 0.847. The van der Waals surface area contributed by atoms with Crippen molar-refractivity contribution in [2.45, 2.75) is 6.61 Å².